The summed E-state index contributed by atoms with van der Waals surface area (Å²) in [5.74, 6) is -2.15. The Bertz CT molecular complexity index is 1040. The number of carboxylic acids is 1. The van der Waals surface area contributed by atoms with Gasteiger partial charge >= 0.3 is 11.9 Å². The summed E-state index contributed by atoms with van der Waals surface area (Å²) in [7, 11) is 0. The number of carbonyl (C=O) groups is 3. The maximum Gasteiger partial charge on any atom is 0.335 e. The lowest BCUT2D eigenvalue weighted by atomic mass is 9.58. The van der Waals surface area contributed by atoms with Crippen molar-refractivity contribution >= 4 is 17.8 Å². The number of carboxylic acid groups (broad SMARTS) is 1. The fourth-order valence-electron chi connectivity index (χ4n) is 6.46. The van der Waals surface area contributed by atoms with Crippen LogP contribution < -0.4 is 5.32 Å². The first-order chi connectivity index (χ1) is 17.6. The molecule has 1 aromatic carbocycles. The van der Waals surface area contributed by atoms with Crippen LogP contribution in [0.3, 0.4) is 0 Å². The molecule has 1 amide bonds. The third-order valence-corrected chi connectivity index (χ3v) is 8.59. The molecule has 0 radical (unpaired) electrons. The van der Waals surface area contributed by atoms with E-state index in [1.807, 2.05) is 13.8 Å². The van der Waals surface area contributed by atoms with Crippen LogP contribution in [0.15, 0.2) is 24.3 Å². The Morgan fingerprint density at radius 1 is 1.05 bits per heavy atom. The second-order valence-corrected chi connectivity index (χ2v) is 11.0. The number of hydrogen-bond donors (Lipinski definition) is 2. The third kappa shape index (κ3) is 4.87. The highest BCUT2D eigenvalue weighted by Gasteiger charge is 2.69. The quantitative estimate of drug-likeness (QED) is 0.412. The molecule has 202 valence electrons. The predicted octanol–water partition coefficient (Wildman–Crippen LogP) is 3.53. The fraction of sp³-hybridized carbons (Fsp3) is 0.667. The number of amides is 1. The van der Waals surface area contributed by atoms with Crippen LogP contribution in [0, 0.1) is 23.7 Å². The van der Waals surface area contributed by atoms with Crippen molar-refractivity contribution in [3.05, 3.63) is 35.4 Å². The molecule has 10 nitrogen and oxygen atoms in total. The van der Waals surface area contributed by atoms with Gasteiger partial charge in [0.2, 0.25) is 18.0 Å². The van der Waals surface area contributed by atoms with Gasteiger partial charge in [-0.1, -0.05) is 26.0 Å². The summed E-state index contributed by atoms with van der Waals surface area (Å²) >= 11 is 0. The molecular weight excluding hydrogens is 482 g/mol. The van der Waals surface area contributed by atoms with E-state index < -0.39 is 35.9 Å². The SMILES string of the molecule is C[C@H]1[C@H](OC(=O)CCC(=O)NCc2ccc(C(=O)O)cc2)O[C@@H]2O[C@@]3(C)CC[C@H]4[C@H](C)CC[C@@H]1[C@]24OO3. The molecule has 2 N–H and O–H groups in total. The van der Waals surface area contributed by atoms with Gasteiger partial charge in [0, 0.05) is 31.2 Å². The summed E-state index contributed by atoms with van der Waals surface area (Å²) < 4.78 is 18.3. The summed E-state index contributed by atoms with van der Waals surface area (Å²) in [4.78, 5) is 47.8. The topological polar surface area (TPSA) is 130 Å². The molecular formula is C27H35NO9. The van der Waals surface area contributed by atoms with Crippen molar-refractivity contribution in [1.29, 1.82) is 0 Å². The summed E-state index contributed by atoms with van der Waals surface area (Å²) in [6, 6.07) is 6.24. The van der Waals surface area contributed by atoms with Crippen LogP contribution in [0.1, 0.15) is 75.2 Å². The lowest BCUT2D eigenvalue weighted by molar-refractivity contribution is -0.576. The van der Waals surface area contributed by atoms with Crippen molar-refractivity contribution in [3.63, 3.8) is 0 Å². The molecule has 1 spiro atoms. The summed E-state index contributed by atoms with van der Waals surface area (Å²) in [5.41, 5.74) is 0.215. The zero-order valence-corrected chi connectivity index (χ0v) is 21.4. The lowest BCUT2D eigenvalue weighted by Crippen LogP contribution is -2.70. The molecule has 4 aliphatic heterocycles. The molecule has 1 aliphatic carbocycles. The van der Waals surface area contributed by atoms with Crippen LogP contribution in [0.25, 0.3) is 0 Å². The third-order valence-electron chi connectivity index (χ3n) is 8.59. The van der Waals surface area contributed by atoms with E-state index in [1.54, 1.807) is 12.1 Å². The van der Waals surface area contributed by atoms with Gasteiger partial charge in [-0.2, -0.15) is 0 Å². The van der Waals surface area contributed by atoms with Crippen LogP contribution in [-0.4, -0.2) is 46.9 Å². The van der Waals surface area contributed by atoms with Gasteiger partial charge in [0.05, 0.1) is 12.0 Å². The fourth-order valence-corrected chi connectivity index (χ4v) is 6.46. The summed E-state index contributed by atoms with van der Waals surface area (Å²) in [6.45, 7) is 6.33. The summed E-state index contributed by atoms with van der Waals surface area (Å²) in [5, 5.41) is 11.7. The highest BCUT2D eigenvalue weighted by molar-refractivity contribution is 5.87. The number of hydrogen-bond acceptors (Lipinski definition) is 8. The molecule has 4 heterocycles. The lowest BCUT2D eigenvalue weighted by Gasteiger charge is -2.59. The summed E-state index contributed by atoms with van der Waals surface area (Å²) in [6.07, 6.45) is 1.95. The Labute approximate surface area is 215 Å². The first-order valence-corrected chi connectivity index (χ1v) is 13.1. The van der Waals surface area contributed by atoms with Gasteiger partial charge in [-0.3, -0.25) is 9.59 Å². The van der Waals surface area contributed by atoms with Crippen molar-refractivity contribution in [1.82, 2.24) is 5.32 Å². The highest BCUT2D eigenvalue weighted by atomic mass is 17.3. The van der Waals surface area contributed by atoms with Crippen LogP contribution in [0.2, 0.25) is 0 Å². The van der Waals surface area contributed by atoms with E-state index in [-0.39, 0.29) is 48.6 Å². The average molecular weight is 518 g/mol. The number of nitrogens with one attached hydrogen (secondary N) is 1. The molecule has 2 bridgehead atoms. The minimum atomic E-state index is -1.01. The van der Waals surface area contributed by atoms with Gasteiger partial charge in [0.15, 0.2) is 11.9 Å². The van der Waals surface area contributed by atoms with E-state index in [0.717, 1.165) is 24.8 Å². The van der Waals surface area contributed by atoms with Crippen LogP contribution in [0.5, 0.6) is 0 Å². The Morgan fingerprint density at radius 3 is 2.54 bits per heavy atom. The Hall–Kier alpha value is -2.53. The van der Waals surface area contributed by atoms with Gasteiger partial charge in [-0.25, -0.2) is 14.6 Å². The Balaban J connectivity index is 1.16. The van der Waals surface area contributed by atoms with E-state index in [4.69, 9.17) is 29.1 Å². The number of rotatable bonds is 7. The Kier molecular flexibility index (Phi) is 7.04. The van der Waals surface area contributed by atoms with Gasteiger partial charge in [-0.05, 0) is 55.7 Å². The van der Waals surface area contributed by atoms with E-state index in [0.29, 0.717) is 12.3 Å². The minimum absolute atomic E-state index is 0.0327. The van der Waals surface area contributed by atoms with E-state index in [1.165, 1.54) is 12.1 Å². The monoisotopic (exact) mass is 517 g/mol. The molecule has 1 saturated carbocycles. The number of esters is 1. The molecule has 5 aliphatic rings. The second kappa shape index (κ2) is 9.98. The number of carbonyl (C=O) groups excluding carboxylic acids is 2. The predicted molar refractivity (Wildman–Crippen MR) is 127 cm³/mol. The molecule has 5 fully saturated rings. The maximum atomic E-state index is 12.7. The van der Waals surface area contributed by atoms with E-state index in [9.17, 15) is 14.4 Å². The van der Waals surface area contributed by atoms with Gasteiger partial charge in [0.1, 0.15) is 0 Å². The zero-order valence-electron chi connectivity index (χ0n) is 21.4. The Morgan fingerprint density at radius 2 is 1.81 bits per heavy atom. The standard InChI is InChI=1S/C27H35NO9/c1-15-4-9-20-16(2)24(34-25-27(20)19(15)12-13-26(3,35-25)36-37-27)33-22(30)11-10-21(29)28-14-17-5-7-18(8-6-17)23(31)32/h5-8,15-16,19-20,24-25H,4,9-14H2,1-3H3,(H,28,29)(H,31,32)/t15-,16-,19+,20+,24-,25-,26-,27+/m1/s1. The molecule has 4 saturated heterocycles. The van der Waals surface area contributed by atoms with Crippen molar-refractivity contribution in [3.8, 4) is 0 Å². The van der Waals surface area contributed by atoms with Crippen LogP contribution in [-0.2, 0) is 40.1 Å². The number of benzene rings is 1. The second-order valence-electron chi connectivity index (χ2n) is 11.0. The molecule has 37 heavy (non-hydrogen) atoms. The zero-order chi connectivity index (χ0) is 26.4. The number of fused-ring (bicyclic) bond motifs is 2. The normalized spacial score (nSPS) is 38.2. The van der Waals surface area contributed by atoms with E-state index in [2.05, 4.69) is 12.2 Å². The van der Waals surface area contributed by atoms with Gasteiger partial charge < -0.3 is 24.6 Å². The van der Waals surface area contributed by atoms with Crippen molar-refractivity contribution in [2.24, 2.45) is 23.7 Å². The average Bonchev–Trinajstić information content (AvgIpc) is 3.10. The molecule has 0 unspecified atom stereocenters. The highest BCUT2D eigenvalue weighted by Crippen LogP contribution is 2.60. The van der Waals surface area contributed by atoms with Crippen LogP contribution in [0.4, 0.5) is 0 Å². The first kappa shape index (κ1) is 26.1. The van der Waals surface area contributed by atoms with Crippen molar-refractivity contribution in [2.75, 3.05) is 0 Å². The molecule has 8 atom stereocenters. The largest absolute Gasteiger partial charge is 0.478 e. The molecule has 10 heteroatoms. The van der Waals surface area contributed by atoms with Crippen LogP contribution >= 0.6 is 0 Å². The maximum absolute atomic E-state index is 12.7. The van der Waals surface area contributed by atoms with Crippen molar-refractivity contribution in [2.45, 2.75) is 89.8 Å². The van der Waals surface area contributed by atoms with Gasteiger partial charge in [0.25, 0.3) is 0 Å². The first-order valence-electron chi connectivity index (χ1n) is 13.1. The minimum Gasteiger partial charge on any atom is -0.478 e. The van der Waals surface area contributed by atoms with Gasteiger partial charge in [-0.15, -0.1) is 0 Å². The molecule has 1 aromatic rings. The van der Waals surface area contributed by atoms with Crippen molar-refractivity contribution < 1.29 is 43.5 Å². The molecule has 6 rings (SSSR count). The smallest absolute Gasteiger partial charge is 0.335 e. The van der Waals surface area contributed by atoms with E-state index >= 15 is 0 Å². The number of ether oxygens (including phenoxy) is 3. The molecule has 0 aromatic heterocycles. The number of aromatic carboxylic acids is 1.